The number of hydrogen-bond acceptors (Lipinski definition) is 5. The molecule has 2 aliphatic heterocycles. The van der Waals surface area contributed by atoms with Gasteiger partial charge in [0.05, 0.1) is 32.3 Å². The first-order chi connectivity index (χ1) is 11.7. The maximum absolute atomic E-state index is 12.0. The van der Waals surface area contributed by atoms with Gasteiger partial charge in [-0.05, 0) is 37.9 Å². The second-order valence-electron chi connectivity index (χ2n) is 6.88. The van der Waals surface area contributed by atoms with E-state index in [-0.39, 0.29) is 12.0 Å². The second-order valence-corrected chi connectivity index (χ2v) is 6.88. The Morgan fingerprint density at radius 3 is 3.08 bits per heavy atom. The van der Waals surface area contributed by atoms with Crippen molar-refractivity contribution < 1.29 is 18.7 Å². The van der Waals surface area contributed by atoms with Gasteiger partial charge in [-0.2, -0.15) is 0 Å². The molecule has 0 radical (unpaired) electrons. The van der Waals surface area contributed by atoms with Crippen LogP contribution in [0, 0.1) is 18.8 Å². The first-order valence-corrected chi connectivity index (χ1v) is 8.80. The Morgan fingerprint density at radius 2 is 2.33 bits per heavy atom. The molecule has 1 N–H and O–H groups in total. The Hall–Kier alpha value is -1.37. The average Bonchev–Trinajstić information content (AvgIpc) is 3.14. The van der Waals surface area contributed by atoms with Crippen LogP contribution in [0.4, 0.5) is 0 Å². The lowest BCUT2D eigenvalue weighted by molar-refractivity contribution is -0.124. The Bertz CT molecular complexity index is 545. The number of carbonyl (C=O) groups is 1. The van der Waals surface area contributed by atoms with E-state index >= 15 is 0 Å². The maximum Gasteiger partial charge on any atom is 0.222 e. The first-order valence-electron chi connectivity index (χ1n) is 8.80. The van der Waals surface area contributed by atoms with Crippen LogP contribution < -0.4 is 5.32 Å². The van der Waals surface area contributed by atoms with Crippen molar-refractivity contribution in [1.82, 2.24) is 10.2 Å². The van der Waals surface area contributed by atoms with Crippen molar-refractivity contribution in [1.29, 1.82) is 0 Å². The zero-order chi connectivity index (χ0) is 16.9. The fraction of sp³-hybridized carbons (Fsp3) is 0.722. The van der Waals surface area contributed by atoms with Crippen molar-refractivity contribution in [3.05, 3.63) is 23.7 Å². The van der Waals surface area contributed by atoms with Crippen LogP contribution in [0.15, 0.2) is 16.5 Å². The molecule has 2 saturated heterocycles. The predicted molar refractivity (Wildman–Crippen MR) is 89.6 cm³/mol. The van der Waals surface area contributed by atoms with E-state index in [9.17, 15) is 4.79 Å². The van der Waals surface area contributed by atoms with Crippen LogP contribution in [0.5, 0.6) is 0 Å². The number of fused-ring (bicyclic) bond motifs is 1. The quantitative estimate of drug-likeness (QED) is 0.766. The van der Waals surface area contributed by atoms with Crippen LogP contribution in [0.1, 0.15) is 24.4 Å². The summed E-state index contributed by atoms with van der Waals surface area (Å²) in [6, 6.07) is 4.07. The lowest BCUT2D eigenvalue weighted by atomic mass is 9.83. The highest BCUT2D eigenvalue weighted by atomic mass is 16.5. The topological polar surface area (TPSA) is 63.9 Å². The highest BCUT2D eigenvalue weighted by molar-refractivity contribution is 5.76. The zero-order valence-electron chi connectivity index (χ0n) is 14.6. The van der Waals surface area contributed by atoms with E-state index in [1.54, 1.807) is 7.11 Å². The number of piperidine rings is 1. The van der Waals surface area contributed by atoms with E-state index < -0.39 is 0 Å². The monoisotopic (exact) mass is 336 g/mol. The molecule has 24 heavy (non-hydrogen) atoms. The fourth-order valence-electron chi connectivity index (χ4n) is 3.85. The van der Waals surface area contributed by atoms with E-state index in [4.69, 9.17) is 13.9 Å². The molecule has 1 aromatic heterocycles. The summed E-state index contributed by atoms with van der Waals surface area (Å²) in [6.45, 7) is 6.76. The summed E-state index contributed by atoms with van der Waals surface area (Å²) < 4.78 is 16.6. The van der Waals surface area contributed by atoms with Crippen molar-refractivity contribution in [2.45, 2.75) is 32.4 Å². The predicted octanol–water partition coefficient (Wildman–Crippen LogP) is 1.58. The normalized spacial score (nSPS) is 27.2. The SMILES string of the molecule is COCCNC(=O)C[C@H]1OC[C@H]2CN(Cc3ccc(C)o3)CC[C@H]21. The standard InChI is InChI=1S/C18H28N2O4/c1-13-3-4-15(24-13)11-20-7-5-16-14(10-20)12-23-17(16)9-18(21)19-6-8-22-2/h3-4,14,16-17H,5-12H2,1-2H3,(H,19,21)/t14-,16-,17-/m1/s1. The van der Waals surface area contributed by atoms with Gasteiger partial charge in [0.1, 0.15) is 11.5 Å². The van der Waals surface area contributed by atoms with Crippen molar-refractivity contribution in [2.24, 2.45) is 11.8 Å². The highest BCUT2D eigenvalue weighted by Gasteiger charge is 2.41. The first kappa shape index (κ1) is 17.5. The third kappa shape index (κ3) is 4.37. The number of amides is 1. The number of ether oxygens (including phenoxy) is 2. The second kappa shape index (κ2) is 8.14. The largest absolute Gasteiger partial charge is 0.465 e. The van der Waals surface area contributed by atoms with Crippen molar-refractivity contribution in [3.8, 4) is 0 Å². The molecule has 6 nitrogen and oxygen atoms in total. The van der Waals surface area contributed by atoms with E-state index in [1.165, 1.54) is 0 Å². The summed E-state index contributed by atoms with van der Waals surface area (Å²) in [5.74, 6) is 3.06. The van der Waals surface area contributed by atoms with Crippen LogP contribution in [-0.2, 0) is 20.8 Å². The molecule has 2 aliphatic rings. The number of methoxy groups -OCH3 is 1. The minimum atomic E-state index is 0.0607. The molecule has 1 amide bonds. The average molecular weight is 336 g/mol. The van der Waals surface area contributed by atoms with E-state index in [1.807, 2.05) is 13.0 Å². The van der Waals surface area contributed by atoms with Gasteiger partial charge < -0.3 is 19.2 Å². The van der Waals surface area contributed by atoms with Gasteiger partial charge in [0.2, 0.25) is 5.91 Å². The Labute approximate surface area is 143 Å². The number of aryl methyl sites for hydroxylation is 1. The molecule has 0 spiro atoms. The summed E-state index contributed by atoms with van der Waals surface area (Å²) in [7, 11) is 1.63. The third-order valence-corrected chi connectivity index (χ3v) is 5.07. The van der Waals surface area contributed by atoms with E-state index in [0.29, 0.717) is 31.4 Å². The fourth-order valence-corrected chi connectivity index (χ4v) is 3.85. The van der Waals surface area contributed by atoms with Gasteiger partial charge >= 0.3 is 0 Å². The van der Waals surface area contributed by atoms with Gasteiger partial charge in [-0.25, -0.2) is 0 Å². The van der Waals surface area contributed by atoms with Gasteiger partial charge in [0.15, 0.2) is 0 Å². The molecule has 0 aliphatic carbocycles. The van der Waals surface area contributed by atoms with Gasteiger partial charge in [-0.3, -0.25) is 9.69 Å². The number of furan rings is 1. The molecule has 0 bridgehead atoms. The van der Waals surface area contributed by atoms with Crippen LogP contribution in [0.3, 0.4) is 0 Å². The molecule has 0 aromatic carbocycles. The lowest BCUT2D eigenvalue weighted by Crippen LogP contribution is -2.42. The van der Waals surface area contributed by atoms with Crippen LogP contribution in [0.2, 0.25) is 0 Å². The van der Waals surface area contributed by atoms with Crippen LogP contribution >= 0.6 is 0 Å². The highest BCUT2D eigenvalue weighted by Crippen LogP contribution is 2.36. The van der Waals surface area contributed by atoms with Crippen molar-refractivity contribution in [3.63, 3.8) is 0 Å². The maximum atomic E-state index is 12.0. The Kier molecular flexibility index (Phi) is 5.92. The molecule has 6 heteroatoms. The summed E-state index contributed by atoms with van der Waals surface area (Å²) in [5.41, 5.74) is 0. The lowest BCUT2D eigenvalue weighted by Gasteiger charge is -2.35. The summed E-state index contributed by atoms with van der Waals surface area (Å²) in [6.07, 6.45) is 1.60. The minimum Gasteiger partial charge on any atom is -0.465 e. The summed E-state index contributed by atoms with van der Waals surface area (Å²) in [5, 5.41) is 2.88. The summed E-state index contributed by atoms with van der Waals surface area (Å²) >= 11 is 0. The zero-order valence-corrected chi connectivity index (χ0v) is 14.6. The number of likely N-dealkylation sites (tertiary alicyclic amines) is 1. The van der Waals surface area contributed by atoms with Gasteiger partial charge in [0.25, 0.3) is 0 Å². The summed E-state index contributed by atoms with van der Waals surface area (Å²) in [4.78, 5) is 14.4. The van der Waals surface area contributed by atoms with Crippen LogP contribution in [0.25, 0.3) is 0 Å². The minimum absolute atomic E-state index is 0.0607. The van der Waals surface area contributed by atoms with E-state index in [2.05, 4.69) is 16.3 Å². The molecule has 3 rings (SSSR count). The molecule has 3 heterocycles. The molecular weight excluding hydrogens is 308 g/mol. The van der Waals surface area contributed by atoms with Crippen molar-refractivity contribution >= 4 is 5.91 Å². The Morgan fingerprint density at radius 1 is 1.46 bits per heavy atom. The third-order valence-electron chi connectivity index (χ3n) is 5.07. The molecule has 134 valence electrons. The molecule has 1 aromatic rings. The molecular formula is C18H28N2O4. The van der Waals surface area contributed by atoms with E-state index in [0.717, 1.165) is 44.2 Å². The molecule has 0 unspecified atom stereocenters. The van der Waals surface area contributed by atoms with Gasteiger partial charge in [0, 0.05) is 26.1 Å². The number of rotatable bonds is 7. The molecule has 0 saturated carbocycles. The van der Waals surface area contributed by atoms with Gasteiger partial charge in [-0.1, -0.05) is 0 Å². The smallest absolute Gasteiger partial charge is 0.222 e. The van der Waals surface area contributed by atoms with Crippen LogP contribution in [-0.4, -0.2) is 56.9 Å². The van der Waals surface area contributed by atoms with Gasteiger partial charge in [-0.15, -0.1) is 0 Å². The van der Waals surface area contributed by atoms with Crippen molar-refractivity contribution in [2.75, 3.05) is 40.0 Å². The number of carbonyl (C=O) groups excluding carboxylic acids is 1. The number of nitrogens with one attached hydrogen (secondary N) is 1. The Balaban J connectivity index is 1.45. The molecule has 2 fully saturated rings. The number of hydrogen-bond donors (Lipinski definition) is 1. The number of nitrogens with zero attached hydrogens (tertiary/aromatic N) is 1. The molecule has 3 atom stereocenters.